The molecule has 0 spiro atoms. The summed E-state index contributed by atoms with van der Waals surface area (Å²) in [7, 11) is 0. The van der Waals surface area contributed by atoms with Crippen molar-refractivity contribution in [2.24, 2.45) is 0 Å². The van der Waals surface area contributed by atoms with E-state index in [0.717, 1.165) is 24.8 Å². The number of hydrogen-bond acceptors (Lipinski definition) is 3. The Morgan fingerprint density at radius 2 is 2.16 bits per heavy atom. The molecule has 1 aliphatic heterocycles. The molecule has 1 aliphatic rings. The van der Waals surface area contributed by atoms with Crippen LogP contribution >= 0.6 is 0 Å². The van der Waals surface area contributed by atoms with Crippen molar-refractivity contribution in [3.05, 3.63) is 36.0 Å². The summed E-state index contributed by atoms with van der Waals surface area (Å²) in [6.45, 7) is 3.81. The third-order valence-electron chi connectivity index (χ3n) is 4.67. The van der Waals surface area contributed by atoms with Crippen LogP contribution < -0.4 is 5.32 Å². The summed E-state index contributed by atoms with van der Waals surface area (Å²) in [5, 5.41) is 4.06. The number of carbonyl (C=O) groups excluding carboxylic acids is 2. The third-order valence-corrected chi connectivity index (χ3v) is 4.67. The van der Waals surface area contributed by atoms with E-state index in [1.54, 1.807) is 11.8 Å². The molecule has 2 aromatic rings. The Bertz CT molecular complexity index is 734. The lowest BCUT2D eigenvalue weighted by atomic mass is 10.1. The number of nitrogens with one attached hydrogen (secondary N) is 2. The minimum absolute atomic E-state index is 0.0196. The largest absolute Gasteiger partial charge is 0.368 e. The molecule has 134 valence electrons. The minimum Gasteiger partial charge on any atom is -0.368 e. The van der Waals surface area contributed by atoms with E-state index in [1.165, 1.54) is 10.9 Å². The molecule has 6 heteroatoms. The van der Waals surface area contributed by atoms with Gasteiger partial charge in [0, 0.05) is 50.3 Å². The van der Waals surface area contributed by atoms with E-state index in [9.17, 15) is 9.59 Å². The Morgan fingerprint density at radius 1 is 1.32 bits per heavy atom. The average Bonchev–Trinajstić information content (AvgIpc) is 3.27. The first kappa shape index (κ1) is 17.5. The Balaban J connectivity index is 1.49. The lowest BCUT2D eigenvalue weighted by Crippen LogP contribution is -2.41. The molecule has 3 rings (SSSR count). The number of H-pyrrole nitrogens is 1. The Hall–Kier alpha value is -2.34. The second-order valence-electron chi connectivity index (χ2n) is 6.41. The van der Waals surface area contributed by atoms with E-state index < -0.39 is 0 Å². The molecule has 0 bridgehead atoms. The molecule has 0 aliphatic carbocycles. The molecule has 2 heterocycles. The monoisotopic (exact) mass is 343 g/mol. The average molecular weight is 343 g/mol. The summed E-state index contributed by atoms with van der Waals surface area (Å²) >= 11 is 0. The number of aromatic amines is 1. The maximum Gasteiger partial charge on any atom is 0.249 e. The molecule has 6 nitrogen and oxygen atoms in total. The predicted molar refractivity (Wildman–Crippen MR) is 96.2 cm³/mol. The van der Waals surface area contributed by atoms with Crippen molar-refractivity contribution in [1.82, 2.24) is 15.2 Å². The number of aromatic nitrogens is 1. The van der Waals surface area contributed by atoms with E-state index in [0.29, 0.717) is 26.2 Å². The van der Waals surface area contributed by atoms with Gasteiger partial charge in [-0.1, -0.05) is 18.2 Å². The first-order chi connectivity index (χ1) is 12.1. The fraction of sp³-hybridized carbons (Fsp3) is 0.474. The molecule has 25 heavy (non-hydrogen) atoms. The second-order valence-corrected chi connectivity index (χ2v) is 6.41. The van der Waals surface area contributed by atoms with Gasteiger partial charge in [0.05, 0.1) is 0 Å². The van der Waals surface area contributed by atoms with Crippen molar-refractivity contribution in [3.63, 3.8) is 0 Å². The number of fused-ring (bicyclic) bond motifs is 1. The van der Waals surface area contributed by atoms with Crippen LogP contribution in [0.15, 0.2) is 30.5 Å². The van der Waals surface area contributed by atoms with Crippen molar-refractivity contribution in [2.45, 2.75) is 32.3 Å². The highest BCUT2D eigenvalue weighted by Gasteiger charge is 2.23. The maximum absolute atomic E-state index is 11.9. The van der Waals surface area contributed by atoms with Gasteiger partial charge in [0.2, 0.25) is 11.8 Å². The van der Waals surface area contributed by atoms with Gasteiger partial charge in [0.25, 0.3) is 0 Å². The molecule has 1 unspecified atom stereocenters. The van der Waals surface area contributed by atoms with Gasteiger partial charge in [0.1, 0.15) is 6.10 Å². The van der Waals surface area contributed by atoms with E-state index >= 15 is 0 Å². The van der Waals surface area contributed by atoms with Gasteiger partial charge in [-0.25, -0.2) is 0 Å². The number of amides is 2. The number of benzene rings is 1. The Labute approximate surface area is 147 Å². The number of carbonyl (C=O) groups is 2. The zero-order valence-electron chi connectivity index (χ0n) is 14.6. The van der Waals surface area contributed by atoms with Crippen LogP contribution in [0.1, 0.15) is 25.3 Å². The van der Waals surface area contributed by atoms with Gasteiger partial charge in [0.15, 0.2) is 0 Å². The van der Waals surface area contributed by atoms with Crippen LogP contribution in [0.3, 0.4) is 0 Å². The minimum atomic E-state index is -0.322. The smallest absolute Gasteiger partial charge is 0.249 e. The van der Waals surface area contributed by atoms with Crippen molar-refractivity contribution in [1.29, 1.82) is 0 Å². The van der Waals surface area contributed by atoms with Crippen LogP contribution in [0.4, 0.5) is 0 Å². The molecule has 2 N–H and O–H groups in total. The van der Waals surface area contributed by atoms with Crippen molar-refractivity contribution in [3.8, 4) is 0 Å². The molecule has 0 radical (unpaired) electrons. The molecule has 2 amide bonds. The van der Waals surface area contributed by atoms with E-state index in [2.05, 4.69) is 16.4 Å². The molecule has 1 aromatic carbocycles. The first-order valence-corrected chi connectivity index (χ1v) is 8.85. The number of hydrogen-bond donors (Lipinski definition) is 2. The lowest BCUT2D eigenvalue weighted by molar-refractivity contribution is -0.132. The molecular formula is C19H25N3O3. The quantitative estimate of drug-likeness (QED) is 0.806. The number of para-hydroxylation sites is 1. The van der Waals surface area contributed by atoms with Crippen LogP contribution in [0, 0.1) is 0 Å². The summed E-state index contributed by atoms with van der Waals surface area (Å²) in [5.74, 6) is -0.0520. The Morgan fingerprint density at radius 3 is 2.92 bits per heavy atom. The van der Waals surface area contributed by atoms with Crippen LogP contribution in [0.5, 0.6) is 0 Å². The SMILES string of the molecule is CC(=O)N(CCNC(=O)C1CCCO1)CCc1c[nH]c2ccccc12. The number of rotatable bonds is 7. The van der Waals surface area contributed by atoms with E-state index in [-0.39, 0.29) is 17.9 Å². The van der Waals surface area contributed by atoms with Crippen molar-refractivity contribution >= 4 is 22.7 Å². The zero-order valence-corrected chi connectivity index (χ0v) is 14.6. The van der Waals surface area contributed by atoms with Gasteiger partial charge < -0.3 is 19.9 Å². The standard InChI is InChI=1S/C19H25N3O3/c1-14(23)22(11-9-20-19(24)18-7-4-12-25-18)10-8-15-13-21-17-6-3-2-5-16(15)17/h2-3,5-6,13,18,21H,4,7-12H2,1H3,(H,20,24). The van der Waals surface area contributed by atoms with Gasteiger partial charge in [-0.05, 0) is 30.9 Å². The summed E-state index contributed by atoms with van der Waals surface area (Å²) in [4.78, 5) is 28.9. The molecule has 1 aromatic heterocycles. The van der Waals surface area contributed by atoms with Crippen LogP contribution in [-0.4, -0.2) is 54.0 Å². The van der Waals surface area contributed by atoms with Crippen LogP contribution in [0.25, 0.3) is 10.9 Å². The lowest BCUT2D eigenvalue weighted by Gasteiger charge is -2.21. The summed E-state index contributed by atoms with van der Waals surface area (Å²) in [6, 6.07) is 8.15. The predicted octanol–water partition coefficient (Wildman–Crippen LogP) is 1.85. The van der Waals surface area contributed by atoms with Crippen LogP contribution in [-0.2, 0) is 20.7 Å². The van der Waals surface area contributed by atoms with Gasteiger partial charge in [-0.3, -0.25) is 9.59 Å². The molecule has 0 saturated carbocycles. The fourth-order valence-corrected chi connectivity index (χ4v) is 3.23. The van der Waals surface area contributed by atoms with E-state index in [1.807, 2.05) is 24.4 Å². The fourth-order valence-electron chi connectivity index (χ4n) is 3.23. The summed E-state index contributed by atoms with van der Waals surface area (Å²) in [6.07, 6.45) is 4.17. The normalized spacial score (nSPS) is 16.9. The first-order valence-electron chi connectivity index (χ1n) is 8.85. The number of nitrogens with zero attached hydrogens (tertiary/aromatic N) is 1. The maximum atomic E-state index is 11.9. The summed E-state index contributed by atoms with van der Waals surface area (Å²) in [5.41, 5.74) is 2.31. The second kappa shape index (κ2) is 8.16. The Kier molecular flexibility index (Phi) is 5.71. The topological polar surface area (TPSA) is 74.4 Å². The number of ether oxygens (including phenoxy) is 1. The van der Waals surface area contributed by atoms with Gasteiger partial charge in [-0.2, -0.15) is 0 Å². The molecule has 1 fully saturated rings. The third kappa shape index (κ3) is 4.39. The van der Waals surface area contributed by atoms with Crippen molar-refractivity contribution < 1.29 is 14.3 Å². The molecule has 1 atom stereocenters. The highest BCUT2D eigenvalue weighted by atomic mass is 16.5. The zero-order chi connectivity index (χ0) is 17.6. The summed E-state index contributed by atoms with van der Waals surface area (Å²) < 4.78 is 5.36. The highest BCUT2D eigenvalue weighted by molar-refractivity contribution is 5.83. The molecular weight excluding hydrogens is 318 g/mol. The van der Waals surface area contributed by atoms with Crippen LogP contribution in [0.2, 0.25) is 0 Å². The molecule has 1 saturated heterocycles. The van der Waals surface area contributed by atoms with Crippen molar-refractivity contribution in [2.75, 3.05) is 26.2 Å². The highest BCUT2D eigenvalue weighted by Crippen LogP contribution is 2.18. The van der Waals surface area contributed by atoms with E-state index in [4.69, 9.17) is 4.74 Å². The van der Waals surface area contributed by atoms with Gasteiger partial charge >= 0.3 is 0 Å². The van der Waals surface area contributed by atoms with Gasteiger partial charge in [-0.15, -0.1) is 0 Å².